The topological polar surface area (TPSA) is 41.1 Å². The molecular weight excluding hydrogens is 368 g/mol. The normalized spacial score (nSPS) is 45.4. The Kier molecular flexibility index (Phi) is 4.66. The number of hydrogen-bond donors (Lipinski definition) is 2. The molecule has 1 heterocycles. The van der Waals surface area contributed by atoms with Crippen LogP contribution in [0.1, 0.15) is 110 Å². The Balaban J connectivity index is 1.22. The number of hydrogen-bond acceptors (Lipinski definition) is 2. The number of nitrogens with one attached hydrogen (secondary N) is 2. The first-order chi connectivity index (χ1) is 14.5. The van der Waals surface area contributed by atoms with Gasteiger partial charge in [0.25, 0.3) is 0 Å². The van der Waals surface area contributed by atoms with Gasteiger partial charge in [-0.2, -0.15) is 0 Å². The van der Waals surface area contributed by atoms with E-state index in [1.165, 1.54) is 116 Å². The van der Waals surface area contributed by atoms with Crippen LogP contribution in [-0.4, -0.2) is 25.0 Å². The smallest absolute Gasteiger partial charge is 0.226 e. The average molecular weight is 413 g/mol. The molecule has 3 heteroatoms. The van der Waals surface area contributed by atoms with Gasteiger partial charge in [0.15, 0.2) is 0 Å². The van der Waals surface area contributed by atoms with Crippen LogP contribution in [0.15, 0.2) is 0 Å². The Morgan fingerprint density at radius 2 is 1.70 bits per heavy atom. The van der Waals surface area contributed by atoms with E-state index in [2.05, 4.69) is 17.6 Å². The van der Waals surface area contributed by atoms with E-state index in [1.807, 2.05) is 0 Å². The van der Waals surface area contributed by atoms with E-state index in [1.54, 1.807) is 0 Å². The van der Waals surface area contributed by atoms with Crippen molar-refractivity contribution in [2.75, 3.05) is 13.1 Å². The Morgan fingerprint density at radius 1 is 0.933 bits per heavy atom. The molecule has 0 aromatic carbocycles. The maximum atomic E-state index is 14.0. The Hall–Kier alpha value is -0.570. The summed E-state index contributed by atoms with van der Waals surface area (Å²) in [6.07, 6.45) is 21.5. The zero-order valence-electron chi connectivity index (χ0n) is 19.4. The molecule has 7 aliphatic rings. The van der Waals surface area contributed by atoms with E-state index < -0.39 is 0 Å². The van der Waals surface area contributed by atoms with Crippen molar-refractivity contribution in [3.63, 3.8) is 0 Å². The van der Waals surface area contributed by atoms with Gasteiger partial charge < -0.3 is 10.6 Å². The molecule has 1 spiro atoms. The molecule has 7 fully saturated rings. The van der Waals surface area contributed by atoms with Crippen LogP contribution in [0.5, 0.6) is 0 Å². The number of rotatable bonds is 4. The van der Waals surface area contributed by atoms with Crippen LogP contribution in [0.4, 0.5) is 0 Å². The lowest BCUT2D eigenvalue weighted by Gasteiger charge is -2.68. The lowest BCUT2D eigenvalue weighted by atomic mass is 9.36. The number of carbonyl (C=O) groups excluding carboxylic acids is 1. The van der Waals surface area contributed by atoms with Crippen molar-refractivity contribution in [1.82, 2.24) is 10.6 Å². The Morgan fingerprint density at radius 3 is 2.37 bits per heavy atom. The molecule has 6 saturated carbocycles. The summed E-state index contributed by atoms with van der Waals surface area (Å²) in [5.41, 5.74) is 1.53. The van der Waals surface area contributed by atoms with Crippen LogP contribution in [0, 0.1) is 33.5 Å². The van der Waals surface area contributed by atoms with Crippen LogP contribution in [-0.2, 0) is 4.79 Å². The highest BCUT2D eigenvalue weighted by atomic mass is 16.2. The molecule has 0 radical (unpaired) electrons. The molecule has 4 atom stereocenters. The van der Waals surface area contributed by atoms with Crippen LogP contribution >= 0.6 is 0 Å². The molecule has 2 N–H and O–H groups in total. The van der Waals surface area contributed by atoms with E-state index in [-0.39, 0.29) is 5.41 Å². The second kappa shape index (κ2) is 6.96. The minimum Gasteiger partial charge on any atom is -0.353 e. The molecule has 7 rings (SSSR count). The molecular formula is C27H44N2O. The molecule has 1 aliphatic heterocycles. The zero-order valence-corrected chi connectivity index (χ0v) is 19.4. The van der Waals surface area contributed by atoms with Gasteiger partial charge in [-0.05, 0) is 105 Å². The van der Waals surface area contributed by atoms with Gasteiger partial charge in [-0.25, -0.2) is 0 Å². The fourth-order valence-corrected chi connectivity index (χ4v) is 10.1. The van der Waals surface area contributed by atoms with Gasteiger partial charge in [-0.1, -0.05) is 32.6 Å². The molecule has 168 valence electrons. The van der Waals surface area contributed by atoms with E-state index in [0.29, 0.717) is 28.2 Å². The number of carbonyl (C=O) groups is 1. The van der Waals surface area contributed by atoms with Crippen molar-refractivity contribution >= 4 is 5.91 Å². The van der Waals surface area contributed by atoms with Gasteiger partial charge in [-0.3, -0.25) is 4.79 Å². The molecule has 1 saturated heterocycles. The average Bonchev–Trinajstić information content (AvgIpc) is 2.73. The van der Waals surface area contributed by atoms with Crippen LogP contribution in [0.25, 0.3) is 0 Å². The summed E-state index contributed by atoms with van der Waals surface area (Å²) in [6.45, 7) is 4.85. The minimum absolute atomic E-state index is 0.0277. The summed E-state index contributed by atoms with van der Waals surface area (Å²) in [4.78, 5) is 14.0. The van der Waals surface area contributed by atoms with Crippen molar-refractivity contribution in [3.05, 3.63) is 0 Å². The fraction of sp³-hybridized carbons (Fsp3) is 0.963. The van der Waals surface area contributed by atoms with Gasteiger partial charge in [0.05, 0.1) is 5.41 Å². The Labute approximate surface area is 183 Å². The van der Waals surface area contributed by atoms with Gasteiger partial charge in [0.2, 0.25) is 5.91 Å². The predicted molar refractivity (Wildman–Crippen MR) is 121 cm³/mol. The maximum Gasteiger partial charge on any atom is 0.226 e. The first-order valence-corrected chi connectivity index (χ1v) is 13.5. The van der Waals surface area contributed by atoms with Crippen molar-refractivity contribution in [3.8, 4) is 0 Å². The summed E-state index contributed by atoms with van der Waals surface area (Å²) >= 11 is 0. The summed E-state index contributed by atoms with van der Waals surface area (Å²) in [5.74, 6) is 2.22. The van der Waals surface area contributed by atoms with Gasteiger partial charge in [0.1, 0.15) is 0 Å². The third-order valence-electron chi connectivity index (χ3n) is 11.3. The lowest BCUT2D eigenvalue weighted by molar-refractivity contribution is -0.193. The third-order valence-corrected chi connectivity index (χ3v) is 11.3. The predicted octanol–water partition coefficient (Wildman–Crippen LogP) is 5.58. The first kappa shape index (κ1) is 20.1. The lowest BCUT2D eigenvalue weighted by Crippen LogP contribution is -2.64. The van der Waals surface area contributed by atoms with Crippen LogP contribution < -0.4 is 10.6 Å². The van der Waals surface area contributed by atoms with Gasteiger partial charge in [0, 0.05) is 19.1 Å². The highest BCUT2D eigenvalue weighted by Gasteiger charge is 2.66. The quantitative estimate of drug-likeness (QED) is 0.633. The highest BCUT2D eigenvalue weighted by molar-refractivity contribution is 5.83. The molecule has 6 aliphatic carbocycles. The van der Waals surface area contributed by atoms with Crippen molar-refractivity contribution < 1.29 is 4.79 Å². The Bertz CT molecular complexity index is 685. The molecule has 4 unspecified atom stereocenters. The second-order valence-corrected chi connectivity index (χ2v) is 13.2. The molecule has 1 amide bonds. The van der Waals surface area contributed by atoms with Gasteiger partial charge in [-0.15, -0.1) is 0 Å². The van der Waals surface area contributed by atoms with Gasteiger partial charge >= 0.3 is 0 Å². The number of amides is 1. The van der Waals surface area contributed by atoms with E-state index in [0.717, 1.165) is 11.8 Å². The first-order valence-electron chi connectivity index (χ1n) is 13.5. The van der Waals surface area contributed by atoms with E-state index in [9.17, 15) is 4.79 Å². The van der Waals surface area contributed by atoms with Crippen molar-refractivity contribution in [2.24, 2.45) is 33.5 Å². The highest BCUT2D eigenvalue weighted by Crippen LogP contribution is 2.73. The summed E-state index contributed by atoms with van der Waals surface area (Å²) in [5, 5.41) is 7.14. The summed E-state index contributed by atoms with van der Waals surface area (Å²) in [6, 6.07) is 0.444. The standard InChI is InChI=1S/C27H44N2O/c1-2-24-12-20-13-26(15-24,21-6-4-3-5-7-21)17-27(14-20,16-24)23(30)29-22-8-10-25(11-9-22)18-28-19-25/h20-22,28H,2-19H2,1H3,(H,29,30). The van der Waals surface area contributed by atoms with Crippen LogP contribution in [0.3, 0.4) is 0 Å². The SMILES string of the molecule is CCC12CC3CC(C(=O)NC4CCC5(CC4)CNC5)(C1)CC(C1CCCCC1)(C3)C2. The van der Waals surface area contributed by atoms with E-state index in [4.69, 9.17) is 0 Å². The fourth-order valence-electron chi connectivity index (χ4n) is 10.1. The van der Waals surface area contributed by atoms with E-state index >= 15 is 0 Å². The molecule has 3 nitrogen and oxygen atoms in total. The zero-order chi connectivity index (χ0) is 20.5. The summed E-state index contributed by atoms with van der Waals surface area (Å²) < 4.78 is 0. The molecule has 30 heavy (non-hydrogen) atoms. The molecule has 0 aromatic rings. The maximum absolute atomic E-state index is 14.0. The van der Waals surface area contributed by atoms with Crippen molar-refractivity contribution in [2.45, 2.75) is 116 Å². The summed E-state index contributed by atoms with van der Waals surface area (Å²) in [7, 11) is 0. The largest absolute Gasteiger partial charge is 0.353 e. The molecule has 0 aromatic heterocycles. The van der Waals surface area contributed by atoms with Crippen molar-refractivity contribution in [1.29, 1.82) is 0 Å². The second-order valence-electron chi connectivity index (χ2n) is 13.2. The molecule has 4 bridgehead atoms. The minimum atomic E-state index is -0.0277. The monoisotopic (exact) mass is 412 g/mol. The van der Waals surface area contributed by atoms with Crippen LogP contribution in [0.2, 0.25) is 0 Å². The third kappa shape index (κ3) is 3.04.